The van der Waals surface area contributed by atoms with Crippen LogP contribution in [0.5, 0.6) is 0 Å². The Bertz CT molecular complexity index is 327. The van der Waals surface area contributed by atoms with Gasteiger partial charge >= 0.3 is 35.6 Å². The first kappa shape index (κ1) is 22.5. The molecule has 0 spiro atoms. The van der Waals surface area contributed by atoms with Gasteiger partial charge in [0.25, 0.3) is 0 Å². The quantitative estimate of drug-likeness (QED) is 0.417. The molecule has 146 valence electrons. The number of hydrogen-bond acceptors (Lipinski definition) is 0. The maximum absolute atomic E-state index is 5.32. The van der Waals surface area contributed by atoms with Crippen molar-refractivity contribution in [1.29, 1.82) is 0 Å². The summed E-state index contributed by atoms with van der Waals surface area (Å²) in [7, 11) is 9.78. The van der Waals surface area contributed by atoms with Crippen LogP contribution in [0, 0.1) is 11.8 Å². The molecule has 0 heterocycles. The van der Waals surface area contributed by atoms with E-state index in [1.165, 1.54) is 77.0 Å². The van der Waals surface area contributed by atoms with Crippen LogP contribution in [0.4, 0.5) is 0 Å². The fourth-order valence-corrected chi connectivity index (χ4v) is 5.06. The fourth-order valence-electron chi connectivity index (χ4n) is 5.06. The SMILES string of the molecule is CC1CCCC([N-]C2CCCCC2[N-]C2CCCC(C)C2)C1.[Cl][Ti][Cl]. The Morgan fingerprint density at radius 3 is 1.40 bits per heavy atom. The molecule has 6 atom stereocenters. The number of hydrogen-bond donors (Lipinski definition) is 0. The summed E-state index contributed by atoms with van der Waals surface area (Å²) >= 11 is -0.556. The fraction of sp³-hybridized carbons (Fsp3) is 1.00. The van der Waals surface area contributed by atoms with Crippen LogP contribution in [0.3, 0.4) is 0 Å². The van der Waals surface area contributed by atoms with E-state index in [4.69, 9.17) is 29.2 Å². The molecule has 0 aromatic rings. The molecule has 0 amide bonds. The predicted octanol–water partition coefficient (Wildman–Crippen LogP) is 7.58. The minimum atomic E-state index is -0.556. The van der Waals surface area contributed by atoms with Crippen molar-refractivity contribution in [3.63, 3.8) is 0 Å². The van der Waals surface area contributed by atoms with Crippen molar-refractivity contribution in [1.82, 2.24) is 0 Å². The van der Waals surface area contributed by atoms with Gasteiger partial charge in [-0.3, -0.25) is 0 Å². The molecule has 0 radical (unpaired) electrons. The molecule has 5 heteroatoms. The third kappa shape index (κ3) is 8.40. The molecule has 3 fully saturated rings. The topological polar surface area (TPSA) is 28.2 Å². The molecule has 2 nitrogen and oxygen atoms in total. The van der Waals surface area contributed by atoms with Crippen molar-refractivity contribution in [3.8, 4) is 0 Å². The molecule has 3 aliphatic carbocycles. The van der Waals surface area contributed by atoms with Gasteiger partial charge in [0.05, 0.1) is 0 Å². The summed E-state index contributed by atoms with van der Waals surface area (Å²) in [6.45, 7) is 4.82. The predicted molar refractivity (Wildman–Crippen MR) is 107 cm³/mol. The molecule has 0 saturated heterocycles. The summed E-state index contributed by atoms with van der Waals surface area (Å²) in [4.78, 5) is 0. The summed E-state index contributed by atoms with van der Waals surface area (Å²) < 4.78 is 0. The second-order valence-electron chi connectivity index (χ2n) is 8.64. The van der Waals surface area contributed by atoms with Crippen LogP contribution >= 0.6 is 18.6 Å². The van der Waals surface area contributed by atoms with Gasteiger partial charge in [0.2, 0.25) is 0 Å². The maximum atomic E-state index is 5.32. The van der Waals surface area contributed by atoms with Gasteiger partial charge in [-0.15, -0.1) is 12.1 Å². The van der Waals surface area contributed by atoms with Crippen molar-refractivity contribution in [2.75, 3.05) is 0 Å². The van der Waals surface area contributed by atoms with E-state index in [1.807, 2.05) is 0 Å². The Balaban J connectivity index is 0.000000701. The van der Waals surface area contributed by atoms with Gasteiger partial charge in [-0.1, -0.05) is 90.9 Å². The van der Waals surface area contributed by atoms with Gasteiger partial charge in [0, 0.05) is 0 Å². The van der Waals surface area contributed by atoms with Crippen LogP contribution in [0.1, 0.15) is 90.9 Å². The summed E-state index contributed by atoms with van der Waals surface area (Å²) in [5, 5.41) is 10.6. The van der Waals surface area contributed by atoms with E-state index in [-0.39, 0.29) is 0 Å². The molecule has 0 aromatic carbocycles. The number of halogens is 2. The number of rotatable bonds is 4. The first-order chi connectivity index (χ1) is 12.1. The Labute approximate surface area is 172 Å². The molecule has 0 N–H and O–H groups in total. The standard InChI is InChI=1S/C20H36N2.2ClH.Ti/c1-15-7-5-9-17(13-15)21-19-11-3-4-12-20(19)22-18-10-6-8-16(2)14-18;;;/h15-20H,3-14H2,1-2H3;2*1H;/q-2;;;+2/p-2. The van der Waals surface area contributed by atoms with Crippen LogP contribution in [-0.4, -0.2) is 24.2 Å². The zero-order valence-electron chi connectivity index (χ0n) is 16.1. The van der Waals surface area contributed by atoms with E-state index in [2.05, 4.69) is 13.8 Å². The summed E-state index contributed by atoms with van der Waals surface area (Å²) in [5.41, 5.74) is 0. The molecule has 0 aliphatic heterocycles. The molecular weight excluding hydrogens is 387 g/mol. The molecular formula is C20H36Cl2N2Ti-2. The normalized spacial score (nSPS) is 39.2. The molecule has 0 aromatic heterocycles. The molecule has 3 aliphatic rings. The van der Waals surface area contributed by atoms with Crippen molar-refractivity contribution in [2.45, 2.75) is 115 Å². The van der Waals surface area contributed by atoms with E-state index >= 15 is 0 Å². The van der Waals surface area contributed by atoms with Gasteiger partial charge < -0.3 is 10.6 Å². The number of nitrogens with zero attached hydrogens (tertiary/aromatic N) is 2. The monoisotopic (exact) mass is 422 g/mol. The van der Waals surface area contributed by atoms with Crippen molar-refractivity contribution in [2.24, 2.45) is 11.8 Å². The van der Waals surface area contributed by atoms with Gasteiger partial charge in [0.15, 0.2) is 0 Å². The van der Waals surface area contributed by atoms with E-state index in [1.54, 1.807) is 0 Å². The summed E-state index contributed by atoms with van der Waals surface area (Å²) in [6, 6.07) is 2.41. The molecule has 0 bridgehead atoms. The van der Waals surface area contributed by atoms with Gasteiger partial charge in [-0.25, -0.2) is 0 Å². The van der Waals surface area contributed by atoms with Crippen molar-refractivity contribution >= 4 is 18.6 Å². The minimum absolute atomic E-state index is 0.556. The van der Waals surface area contributed by atoms with Crippen LogP contribution in [0.15, 0.2) is 0 Å². The summed E-state index contributed by atoms with van der Waals surface area (Å²) in [5.74, 6) is 1.78. The second-order valence-corrected chi connectivity index (χ2v) is 11.2. The Morgan fingerprint density at radius 2 is 1.04 bits per heavy atom. The Morgan fingerprint density at radius 1 is 0.640 bits per heavy atom. The average molecular weight is 423 g/mol. The van der Waals surface area contributed by atoms with Crippen molar-refractivity contribution < 1.29 is 17.0 Å². The van der Waals surface area contributed by atoms with Gasteiger partial charge in [-0.2, -0.15) is 12.1 Å². The van der Waals surface area contributed by atoms with Gasteiger partial charge in [-0.05, 0) is 11.8 Å². The van der Waals surface area contributed by atoms with Crippen LogP contribution in [0.2, 0.25) is 0 Å². The van der Waals surface area contributed by atoms with Crippen LogP contribution in [0.25, 0.3) is 10.6 Å². The van der Waals surface area contributed by atoms with E-state index < -0.39 is 17.0 Å². The van der Waals surface area contributed by atoms with E-state index in [0.717, 1.165) is 11.8 Å². The third-order valence-electron chi connectivity index (χ3n) is 6.32. The molecule has 3 rings (SSSR count). The van der Waals surface area contributed by atoms with E-state index in [9.17, 15) is 0 Å². The molecule has 6 unspecified atom stereocenters. The Kier molecular flexibility index (Phi) is 11.4. The van der Waals surface area contributed by atoms with Crippen LogP contribution < -0.4 is 0 Å². The molecule has 3 saturated carbocycles. The van der Waals surface area contributed by atoms with Gasteiger partial charge in [0.1, 0.15) is 0 Å². The van der Waals surface area contributed by atoms with Crippen molar-refractivity contribution in [3.05, 3.63) is 10.6 Å². The zero-order valence-corrected chi connectivity index (χ0v) is 19.2. The first-order valence-electron chi connectivity index (χ1n) is 10.5. The second kappa shape index (κ2) is 12.6. The zero-order chi connectivity index (χ0) is 18.1. The van der Waals surface area contributed by atoms with Crippen LogP contribution in [-0.2, 0) is 17.0 Å². The van der Waals surface area contributed by atoms with E-state index in [0.29, 0.717) is 24.2 Å². The molecule has 25 heavy (non-hydrogen) atoms. The average Bonchev–Trinajstić information content (AvgIpc) is 2.57. The summed E-state index contributed by atoms with van der Waals surface area (Å²) in [6.07, 6.45) is 16.4. The third-order valence-corrected chi connectivity index (χ3v) is 6.32. The first-order valence-corrected chi connectivity index (χ1v) is 14.8. The Hall–Kier alpha value is 1.21.